The van der Waals surface area contributed by atoms with Crippen LogP contribution in [0.25, 0.3) is 0 Å². The molecule has 2 saturated heterocycles. The van der Waals surface area contributed by atoms with Crippen LogP contribution in [0.3, 0.4) is 0 Å². The highest BCUT2D eigenvalue weighted by molar-refractivity contribution is 7.95. The van der Waals surface area contributed by atoms with E-state index in [4.69, 9.17) is 0 Å². The molecule has 4 heterocycles. The number of aromatic nitrogens is 3. The highest BCUT2D eigenvalue weighted by Crippen LogP contribution is 2.25. The number of nitrogens with zero attached hydrogens (tertiary/aromatic N) is 5. The molecule has 0 aromatic carbocycles. The summed E-state index contributed by atoms with van der Waals surface area (Å²) in [6, 6.07) is 4.18. The number of anilines is 1. The predicted molar refractivity (Wildman–Crippen MR) is 119 cm³/mol. The van der Waals surface area contributed by atoms with Gasteiger partial charge < -0.3 is 4.90 Å². The number of pyridine rings is 1. The van der Waals surface area contributed by atoms with E-state index in [2.05, 4.69) is 24.6 Å². The molecule has 30 heavy (non-hydrogen) atoms. The minimum Gasteiger partial charge on any atom is -0.355 e. The third kappa shape index (κ3) is 4.44. The summed E-state index contributed by atoms with van der Waals surface area (Å²) in [7, 11) is -1.50. The van der Waals surface area contributed by atoms with Crippen LogP contribution in [0.15, 0.2) is 23.2 Å². The lowest BCUT2D eigenvalue weighted by molar-refractivity contribution is 0.175. The Kier molecular flexibility index (Phi) is 6.24. The molecule has 0 radical (unpaired) electrons. The van der Waals surface area contributed by atoms with Gasteiger partial charge in [0.2, 0.25) is 4.90 Å². The van der Waals surface area contributed by atoms with Crippen molar-refractivity contribution in [2.45, 2.75) is 57.0 Å². The van der Waals surface area contributed by atoms with Crippen molar-refractivity contribution in [3.63, 3.8) is 0 Å². The number of rotatable bonds is 6. The van der Waals surface area contributed by atoms with Gasteiger partial charge in [-0.2, -0.15) is 9.65 Å². The summed E-state index contributed by atoms with van der Waals surface area (Å²) >= 11 is 0. The summed E-state index contributed by atoms with van der Waals surface area (Å²) in [4.78, 5) is 9.72. The Balaban J connectivity index is 1.38. The molecule has 2 aliphatic heterocycles. The summed E-state index contributed by atoms with van der Waals surface area (Å²) in [5, 5.41) is 4.36. The average Bonchev–Trinajstić information content (AvgIpc) is 3.33. The Bertz CT molecular complexity index is 922. The molecular weight excluding hydrogens is 400 g/mol. The van der Waals surface area contributed by atoms with E-state index in [0.29, 0.717) is 10.9 Å². The average molecular weight is 434 g/mol. The normalized spacial score (nSPS) is 22.4. The molecule has 0 saturated carbocycles. The second-order valence-corrected chi connectivity index (χ2v) is 10.3. The summed E-state index contributed by atoms with van der Waals surface area (Å²) < 4.78 is 28.0. The molecule has 2 N–H and O–H groups in total. The van der Waals surface area contributed by atoms with E-state index in [0.717, 1.165) is 42.3 Å². The molecule has 9 heteroatoms. The van der Waals surface area contributed by atoms with Gasteiger partial charge in [-0.05, 0) is 56.5 Å². The van der Waals surface area contributed by atoms with Crippen LogP contribution in [-0.4, -0.2) is 56.4 Å². The smallest absolute Gasteiger partial charge is 0.325 e. The van der Waals surface area contributed by atoms with Crippen LogP contribution < -0.4 is 9.62 Å². The molecule has 8 nitrogen and oxygen atoms in total. The molecule has 2 aromatic heterocycles. The van der Waals surface area contributed by atoms with E-state index in [1.807, 2.05) is 27.0 Å². The van der Waals surface area contributed by atoms with Crippen molar-refractivity contribution in [3.05, 3.63) is 35.3 Å². The van der Waals surface area contributed by atoms with Gasteiger partial charge in [-0.25, -0.2) is 4.98 Å². The minimum atomic E-state index is -3.38. The van der Waals surface area contributed by atoms with Crippen molar-refractivity contribution < 1.29 is 8.76 Å². The quantitative estimate of drug-likeness (QED) is 0.681. The first-order valence-corrected chi connectivity index (χ1v) is 12.3. The first-order chi connectivity index (χ1) is 14.3. The van der Waals surface area contributed by atoms with Gasteiger partial charge in [-0.1, -0.05) is 11.1 Å². The van der Waals surface area contributed by atoms with Crippen LogP contribution in [0, 0.1) is 13.8 Å². The van der Waals surface area contributed by atoms with Crippen LogP contribution in [-0.2, 0) is 28.2 Å². The SMILES string of the molecule is Cc1nn(C)c(C)c1CN[S+](=O)(O)c1ccc(N2CCC(N3CCCCC3)C2)nc1. The fourth-order valence-electron chi connectivity index (χ4n) is 4.58. The van der Waals surface area contributed by atoms with E-state index in [9.17, 15) is 8.76 Å². The van der Waals surface area contributed by atoms with Gasteiger partial charge in [0.15, 0.2) is 0 Å². The highest BCUT2D eigenvalue weighted by Gasteiger charge is 2.32. The predicted octanol–water partition coefficient (Wildman–Crippen LogP) is 2.53. The Hall–Kier alpha value is -1.81. The van der Waals surface area contributed by atoms with Crippen molar-refractivity contribution in [2.24, 2.45) is 7.05 Å². The molecule has 2 aromatic rings. The van der Waals surface area contributed by atoms with Gasteiger partial charge in [0, 0.05) is 43.5 Å². The summed E-state index contributed by atoms with van der Waals surface area (Å²) in [6.45, 7) is 8.54. The monoisotopic (exact) mass is 433 g/mol. The van der Waals surface area contributed by atoms with Crippen molar-refractivity contribution >= 4 is 16.2 Å². The Labute approximate surface area is 180 Å². The molecule has 2 atom stereocenters. The molecule has 0 amide bonds. The van der Waals surface area contributed by atoms with Crippen LogP contribution in [0.2, 0.25) is 0 Å². The number of aryl methyl sites for hydroxylation is 2. The number of nitrogens with one attached hydrogen (secondary N) is 1. The summed E-state index contributed by atoms with van der Waals surface area (Å²) in [5.41, 5.74) is 2.80. The number of hydrogen-bond donors (Lipinski definition) is 2. The third-order valence-electron chi connectivity index (χ3n) is 6.54. The molecule has 2 aliphatic rings. The maximum Gasteiger partial charge on any atom is 0.325 e. The topological polar surface area (TPSA) is 86.5 Å². The zero-order valence-corrected chi connectivity index (χ0v) is 19.0. The van der Waals surface area contributed by atoms with E-state index >= 15 is 0 Å². The van der Waals surface area contributed by atoms with E-state index < -0.39 is 10.4 Å². The molecule has 164 valence electrons. The Morgan fingerprint density at radius 2 is 1.97 bits per heavy atom. The largest absolute Gasteiger partial charge is 0.355 e. The lowest BCUT2D eigenvalue weighted by Gasteiger charge is -2.32. The molecular formula is C21H33N6O2S+. The van der Waals surface area contributed by atoms with Gasteiger partial charge in [0.05, 0.1) is 18.4 Å². The van der Waals surface area contributed by atoms with Gasteiger partial charge in [0.1, 0.15) is 5.82 Å². The Morgan fingerprint density at radius 1 is 1.20 bits per heavy atom. The molecule has 2 fully saturated rings. The summed E-state index contributed by atoms with van der Waals surface area (Å²) in [6.07, 6.45) is 6.65. The molecule has 0 aliphatic carbocycles. The maximum atomic E-state index is 12.8. The van der Waals surface area contributed by atoms with Gasteiger partial charge in [0.25, 0.3) is 0 Å². The number of likely N-dealkylation sites (tertiary alicyclic amines) is 1. The van der Waals surface area contributed by atoms with E-state index in [-0.39, 0.29) is 6.54 Å². The highest BCUT2D eigenvalue weighted by atomic mass is 32.3. The molecule has 0 spiro atoms. The van der Waals surface area contributed by atoms with E-state index in [1.54, 1.807) is 10.7 Å². The first-order valence-electron chi connectivity index (χ1n) is 10.8. The third-order valence-corrected chi connectivity index (χ3v) is 7.95. The number of hydrogen-bond acceptors (Lipinski definition) is 5. The van der Waals surface area contributed by atoms with Crippen molar-refractivity contribution in [3.8, 4) is 0 Å². The zero-order chi connectivity index (χ0) is 21.3. The van der Waals surface area contributed by atoms with Crippen LogP contribution in [0.4, 0.5) is 5.82 Å². The fourth-order valence-corrected chi connectivity index (χ4v) is 5.54. The Morgan fingerprint density at radius 3 is 2.60 bits per heavy atom. The number of piperidine rings is 1. The zero-order valence-electron chi connectivity index (χ0n) is 18.2. The lowest BCUT2D eigenvalue weighted by atomic mass is 10.1. The van der Waals surface area contributed by atoms with Crippen LogP contribution in [0.5, 0.6) is 0 Å². The summed E-state index contributed by atoms with van der Waals surface area (Å²) in [5.74, 6) is 0.882. The molecule has 2 unspecified atom stereocenters. The van der Waals surface area contributed by atoms with Crippen molar-refractivity contribution in [1.82, 2.24) is 24.4 Å². The molecule has 0 bridgehead atoms. The minimum absolute atomic E-state index is 0.284. The van der Waals surface area contributed by atoms with Gasteiger partial charge >= 0.3 is 10.4 Å². The second-order valence-electron chi connectivity index (χ2n) is 8.46. The van der Waals surface area contributed by atoms with Gasteiger partial charge in [-0.3, -0.25) is 9.58 Å². The first kappa shape index (κ1) is 21.4. The maximum absolute atomic E-state index is 12.8. The molecule has 4 rings (SSSR count). The van der Waals surface area contributed by atoms with Crippen LogP contribution in [0.1, 0.15) is 42.6 Å². The van der Waals surface area contributed by atoms with Crippen molar-refractivity contribution in [2.75, 3.05) is 31.1 Å². The fraction of sp³-hybridized carbons (Fsp3) is 0.619. The van der Waals surface area contributed by atoms with Gasteiger partial charge in [-0.15, -0.1) is 0 Å². The standard InChI is InChI=1S/C21H32N6O2S/c1-16-20(17(2)25(3)24-16)14-23-30(28,29)19-7-8-21(22-13-19)27-12-9-18(15-27)26-10-5-4-6-11-26/h7-8,13,18H,4-6,9-12,14-15H2,1-3H3,(H-,23,28,29)/p+1. The van der Waals surface area contributed by atoms with Crippen molar-refractivity contribution in [1.29, 1.82) is 0 Å². The van der Waals surface area contributed by atoms with Crippen LogP contribution >= 0.6 is 0 Å². The lowest BCUT2D eigenvalue weighted by Crippen LogP contribution is -2.41. The van der Waals surface area contributed by atoms with E-state index in [1.165, 1.54) is 38.5 Å². The second kappa shape index (κ2) is 8.74.